The number of carbonyl (C=O) groups is 3. The fourth-order valence-corrected chi connectivity index (χ4v) is 3.80. The summed E-state index contributed by atoms with van der Waals surface area (Å²) in [5.74, 6) is 0.599. The topological polar surface area (TPSA) is 112 Å². The lowest BCUT2D eigenvalue weighted by Gasteiger charge is -2.31. The third kappa shape index (κ3) is 3.59. The number of amides is 4. The number of nitrogens with two attached hydrogens (primary N) is 1. The summed E-state index contributed by atoms with van der Waals surface area (Å²) in [5, 5.41) is 0. The number of ether oxygens (including phenoxy) is 1. The van der Waals surface area contributed by atoms with E-state index in [1.165, 1.54) is 11.9 Å². The van der Waals surface area contributed by atoms with E-state index in [0.29, 0.717) is 25.5 Å². The Morgan fingerprint density at radius 1 is 1.26 bits per heavy atom. The predicted molar refractivity (Wildman–Crippen MR) is 97.5 cm³/mol. The molecule has 10 heteroatoms. The van der Waals surface area contributed by atoms with Crippen LogP contribution in [0.4, 0.5) is 4.79 Å². The zero-order valence-electron chi connectivity index (χ0n) is 16.1. The number of aliphatic imine (C=N–C) groups is 1. The van der Waals surface area contributed by atoms with Crippen molar-refractivity contribution in [3.05, 3.63) is 0 Å². The monoisotopic (exact) mass is 379 g/mol. The molecule has 0 spiro atoms. The number of piperidine rings is 1. The van der Waals surface area contributed by atoms with E-state index >= 15 is 0 Å². The van der Waals surface area contributed by atoms with Gasteiger partial charge in [-0.25, -0.2) is 9.37 Å². The van der Waals surface area contributed by atoms with Crippen LogP contribution in [0.5, 0.6) is 0 Å². The van der Waals surface area contributed by atoms with E-state index in [2.05, 4.69) is 9.89 Å². The second kappa shape index (κ2) is 7.73. The molecular weight excluding hydrogens is 352 g/mol. The van der Waals surface area contributed by atoms with Gasteiger partial charge in [-0.1, -0.05) is 0 Å². The van der Waals surface area contributed by atoms with Crippen LogP contribution in [0.15, 0.2) is 4.99 Å². The number of rotatable bonds is 6. The number of methoxy groups -OCH3 is 1. The van der Waals surface area contributed by atoms with Gasteiger partial charge in [-0.15, -0.1) is 0 Å². The number of hydrogen-bond acceptors (Lipinski definition) is 6. The smallest absolute Gasteiger partial charge is 0.333 e. The zero-order chi connectivity index (χ0) is 19.7. The molecule has 148 valence electrons. The normalized spacial score (nSPS) is 24.6. The van der Waals surface area contributed by atoms with Crippen LogP contribution >= 0.6 is 0 Å². The zero-order valence-corrected chi connectivity index (χ0v) is 16.1. The maximum Gasteiger partial charge on any atom is 0.333 e. The van der Waals surface area contributed by atoms with E-state index in [4.69, 9.17) is 10.5 Å². The van der Waals surface area contributed by atoms with E-state index in [1.807, 2.05) is 4.58 Å². The van der Waals surface area contributed by atoms with Crippen molar-refractivity contribution in [1.82, 2.24) is 14.7 Å². The molecule has 3 aliphatic heterocycles. The summed E-state index contributed by atoms with van der Waals surface area (Å²) in [6, 6.07) is -0.990. The Kier molecular flexibility index (Phi) is 5.56. The molecule has 2 saturated heterocycles. The van der Waals surface area contributed by atoms with Crippen molar-refractivity contribution in [2.24, 2.45) is 16.6 Å². The van der Waals surface area contributed by atoms with Gasteiger partial charge in [0.25, 0.3) is 17.8 Å². The average molecular weight is 379 g/mol. The van der Waals surface area contributed by atoms with Crippen LogP contribution in [0.3, 0.4) is 0 Å². The number of fused-ring (bicyclic) bond motifs is 1. The molecule has 0 aromatic heterocycles. The van der Waals surface area contributed by atoms with E-state index in [9.17, 15) is 14.4 Å². The molecule has 2 fully saturated rings. The fraction of sp³-hybridized carbons (Fsp3) is 0.706. The molecule has 2 N–H and O–H groups in total. The van der Waals surface area contributed by atoms with Gasteiger partial charge in [-0.2, -0.15) is 0 Å². The lowest BCUT2D eigenvalue weighted by atomic mass is 9.96. The third-order valence-electron chi connectivity index (χ3n) is 5.50. The summed E-state index contributed by atoms with van der Waals surface area (Å²) in [5.41, 5.74) is 5.40. The number of likely N-dealkylation sites (N-methyl/N-ethyl adjacent to an activating group) is 2. The highest BCUT2D eigenvalue weighted by Crippen LogP contribution is 2.21. The molecule has 1 unspecified atom stereocenters. The second-order valence-corrected chi connectivity index (χ2v) is 7.17. The number of primary amides is 1. The van der Waals surface area contributed by atoms with E-state index < -0.39 is 6.04 Å². The molecular formula is C17H27N6O4+. The quantitative estimate of drug-likeness (QED) is 0.567. The van der Waals surface area contributed by atoms with Gasteiger partial charge >= 0.3 is 11.9 Å². The molecule has 3 aliphatic rings. The Labute approximate surface area is 158 Å². The summed E-state index contributed by atoms with van der Waals surface area (Å²) in [6.07, 6.45) is 1.45. The average Bonchev–Trinajstić information content (AvgIpc) is 3.01. The van der Waals surface area contributed by atoms with Gasteiger partial charge in [0, 0.05) is 27.1 Å². The van der Waals surface area contributed by atoms with E-state index in [-0.39, 0.29) is 23.8 Å². The van der Waals surface area contributed by atoms with Crippen molar-refractivity contribution in [1.29, 1.82) is 0 Å². The van der Waals surface area contributed by atoms with Gasteiger partial charge in [0.15, 0.2) is 0 Å². The SMILES string of the molecule is COCC[N+]1=C(CN2CCC(C(N)=O)CC2)N=C2C1C(=O)N(C)C(=O)N2C. The summed E-state index contributed by atoms with van der Waals surface area (Å²) < 4.78 is 7.11. The van der Waals surface area contributed by atoms with Gasteiger partial charge < -0.3 is 10.5 Å². The Morgan fingerprint density at radius 2 is 1.93 bits per heavy atom. The number of likely N-dealkylation sites (tertiary alicyclic amines) is 1. The first kappa shape index (κ1) is 19.4. The Hall–Kier alpha value is -2.33. The standard InChI is InChI=1S/C17H26N6O4/c1-20-15-13(16(25)21(2)17(20)26)23(8-9-27-3)12(19-15)10-22-6-4-11(5-7-22)14(18)24/h11,13H,4-10H2,1-3H3,(H-,18,24)/p+1. The summed E-state index contributed by atoms with van der Waals surface area (Å²) >= 11 is 0. The van der Waals surface area contributed by atoms with Crippen molar-refractivity contribution in [3.63, 3.8) is 0 Å². The summed E-state index contributed by atoms with van der Waals surface area (Å²) in [6.45, 7) is 2.99. The highest BCUT2D eigenvalue weighted by Gasteiger charge is 2.53. The van der Waals surface area contributed by atoms with Crippen LogP contribution in [0, 0.1) is 5.92 Å². The number of urea groups is 1. The van der Waals surface area contributed by atoms with Crippen molar-refractivity contribution >= 4 is 29.5 Å². The first-order valence-corrected chi connectivity index (χ1v) is 9.12. The number of hydrogen-bond donors (Lipinski definition) is 1. The molecule has 0 aromatic rings. The van der Waals surface area contributed by atoms with Crippen molar-refractivity contribution in [2.45, 2.75) is 18.9 Å². The Morgan fingerprint density at radius 3 is 2.52 bits per heavy atom. The molecule has 4 amide bonds. The number of nitrogens with zero attached hydrogens (tertiary/aromatic N) is 5. The Bertz CT molecular complexity index is 710. The van der Waals surface area contributed by atoms with Crippen LogP contribution in [-0.2, 0) is 14.3 Å². The van der Waals surface area contributed by atoms with Gasteiger partial charge in [0.05, 0.1) is 6.61 Å². The maximum absolute atomic E-state index is 12.7. The number of carbonyl (C=O) groups excluding carboxylic acids is 3. The van der Waals surface area contributed by atoms with Crippen LogP contribution in [-0.4, -0.2) is 109 Å². The van der Waals surface area contributed by atoms with Crippen LogP contribution in [0.1, 0.15) is 12.8 Å². The van der Waals surface area contributed by atoms with Gasteiger partial charge in [-0.05, 0) is 30.9 Å². The lowest BCUT2D eigenvalue weighted by Crippen LogP contribution is -2.61. The molecule has 0 aliphatic carbocycles. The minimum absolute atomic E-state index is 0.0766. The van der Waals surface area contributed by atoms with Crippen molar-refractivity contribution < 1.29 is 23.7 Å². The van der Waals surface area contributed by atoms with Crippen molar-refractivity contribution in [3.8, 4) is 0 Å². The molecule has 0 radical (unpaired) electrons. The predicted octanol–water partition coefficient (Wildman–Crippen LogP) is -1.45. The maximum atomic E-state index is 12.7. The van der Waals surface area contributed by atoms with Gasteiger partial charge in [0.2, 0.25) is 5.91 Å². The molecule has 3 rings (SSSR count). The second-order valence-electron chi connectivity index (χ2n) is 7.17. The summed E-state index contributed by atoms with van der Waals surface area (Å²) in [4.78, 5) is 45.7. The number of imide groups is 1. The molecule has 0 aromatic carbocycles. The summed E-state index contributed by atoms with van der Waals surface area (Å²) in [7, 11) is 4.72. The van der Waals surface area contributed by atoms with Crippen LogP contribution in [0.25, 0.3) is 0 Å². The van der Waals surface area contributed by atoms with Crippen LogP contribution in [0.2, 0.25) is 0 Å². The van der Waals surface area contributed by atoms with E-state index in [0.717, 1.165) is 36.7 Å². The van der Waals surface area contributed by atoms with Gasteiger partial charge in [-0.3, -0.25) is 24.3 Å². The van der Waals surface area contributed by atoms with E-state index in [1.54, 1.807) is 14.2 Å². The Balaban J connectivity index is 1.82. The fourth-order valence-electron chi connectivity index (χ4n) is 3.80. The minimum atomic E-state index is -0.606. The highest BCUT2D eigenvalue weighted by atomic mass is 16.5. The van der Waals surface area contributed by atoms with Gasteiger partial charge in [0.1, 0.15) is 13.1 Å². The molecule has 0 bridgehead atoms. The molecule has 3 heterocycles. The number of amidine groups is 2. The highest BCUT2D eigenvalue weighted by molar-refractivity contribution is 6.23. The first-order valence-electron chi connectivity index (χ1n) is 9.12. The minimum Gasteiger partial charge on any atom is -0.381 e. The molecule has 27 heavy (non-hydrogen) atoms. The largest absolute Gasteiger partial charge is 0.381 e. The molecule has 10 nitrogen and oxygen atoms in total. The molecule has 1 atom stereocenters. The van der Waals surface area contributed by atoms with Crippen LogP contribution < -0.4 is 5.73 Å². The first-order chi connectivity index (χ1) is 12.8. The lowest BCUT2D eigenvalue weighted by molar-refractivity contribution is -0.538. The van der Waals surface area contributed by atoms with Crippen molar-refractivity contribution in [2.75, 3.05) is 54.0 Å². The molecule has 0 saturated carbocycles. The third-order valence-corrected chi connectivity index (χ3v) is 5.50.